The summed E-state index contributed by atoms with van der Waals surface area (Å²) in [4.78, 5) is 10.7. The number of nitrogens with zero attached hydrogens (tertiary/aromatic N) is 2. The minimum atomic E-state index is -4.56. The smallest absolute Gasteiger partial charge is 0.298 e. The second-order valence-electron chi connectivity index (χ2n) is 4.29. The molecule has 0 saturated heterocycles. The Bertz CT molecular complexity index is 677. The van der Waals surface area contributed by atoms with Crippen molar-refractivity contribution in [3.63, 3.8) is 0 Å². The van der Waals surface area contributed by atoms with Crippen molar-refractivity contribution < 1.29 is 18.0 Å². The minimum Gasteiger partial charge on any atom is -0.298 e. The first-order chi connectivity index (χ1) is 9.25. The van der Waals surface area contributed by atoms with Crippen molar-refractivity contribution >= 4 is 22.2 Å². The fraction of sp³-hybridized carbons (Fsp3) is 0.231. The summed E-state index contributed by atoms with van der Waals surface area (Å²) >= 11 is 3.28. The van der Waals surface area contributed by atoms with E-state index in [1.54, 1.807) is 13.8 Å². The van der Waals surface area contributed by atoms with Gasteiger partial charge < -0.3 is 0 Å². The number of aromatic nitrogens is 2. The van der Waals surface area contributed by atoms with E-state index >= 15 is 0 Å². The number of hydrogen-bond acceptors (Lipinski definition) is 2. The predicted molar refractivity (Wildman–Crippen MR) is 71.1 cm³/mol. The highest BCUT2D eigenvalue weighted by molar-refractivity contribution is 9.10. The molecule has 20 heavy (non-hydrogen) atoms. The van der Waals surface area contributed by atoms with Gasteiger partial charge in [-0.2, -0.15) is 18.3 Å². The van der Waals surface area contributed by atoms with Crippen LogP contribution < -0.4 is 0 Å². The minimum absolute atomic E-state index is 0.0262. The Labute approximate surface area is 121 Å². The standard InChI is InChI=1S/C13H10BrF3N2O/c1-7-12(14)8(2)19(18-7)11-4-3-9(6-20)5-10(11)13(15,16)17/h3-6H,1-2H3. The summed E-state index contributed by atoms with van der Waals surface area (Å²) in [5.74, 6) is 0. The Balaban J connectivity index is 2.73. The lowest BCUT2D eigenvalue weighted by atomic mass is 10.1. The largest absolute Gasteiger partial charge is 0.418 e. The molecular formula is C13H10BrF3N2O. The van der Waals surface area contributed by atoms with Crippen molar-refractivity contribution in [1.29, 1.82) is 0 Å². The van der Waals surface area contributed by atoms with Crippen LogP contribution in [0.2, 0.25) is 0 Å². The molecule has 0 fully saturated rings. The Morgan fingerprint density at radius 2 is 1.95 bits per heavy atom. The molecule has 0 spiro atoms. The average molecular weight is 347 g/mol. The van der Waals surface area contributed by atoms with E-state index in [0.29, 0.717) is 22.1 Å². The van der Waals surface area contributed by atoms with Crippen molar-refractivity contribution in [3.05, 3.63) is 45.2 Å². The normalized spacial score (nSPS) is 11.7. The summed E-state index contributed by atoms with van der Waals surface area (Å²) in [6.45, 7) is 3.36. The molecule has 2 aromatic rings. The Morgan fingerprint density at radius 1 is 1.30 bits per heavy atom. The van der Waals surface area contributed by atoms with Gasteiger partial charge >= 0.3 is 6.18 Å². The number of rotatable bonds is 2. The third kappa shape index (κ3) is 2.49. The molecule has 0 amide bonds. The first-order valence-electron chi connectivity index (χ1n) is 5.64. The molecule has 1 aromatic carbocycles. The van der Waals surface area contributed by atoms with Crippen LogP contribution in [0.25, 0.3) is 5.69 Å². The Hall–Kier alpha value is -1.63. The van der Waals surface area contributed by atoms with E-state index in [0.717, 1.165) is 6.07 Å². The van der Waals surface area contributed by atoms with Crippen LogP contribution in [0.3, 0.4) is 0 Å². The monoisotopic (exact) mass is 346 g/mol. The van der Waals surface area contributed by atoms with Gasteiger partial charge in [0.1, 0.15) is 6.29 Å². The number of aldehydes is 1. The highest BCUT2D eigenvalue weighted by atomic mass is 79.9. The molecule has 106 valence electrons. The third-order valence-corrected chi connectivity index (χ3v) is 4.04. The molecule has 1 aromatic heterocycles. The number of benzene rings is 1. The van der Waals surface area contributed by atoms with Gasteiger partial charge in [-0.1, -0.05) is 0 Å². The second kappa shape index (κ2) is 5.05. The van der Waals surface area contributed by atoms with E-state index in [9.17, 15) is 18.0 Å². The van der Waals surface area contributed by atoms with Crippen molar-refractivity contribution in [2.45, 2.75) is 20.0 Å². The molecule has 7 heteroatoms. The van der Waals surface area contributed by atoms with Gasteiger partial charge in [-0.15, -0.1) is 0 Å². The maximum Gasteiger partial charge on any atom is 0.418 e. The van der Waals surface area contributed by atoms with E-state index < -0.39 is 11.7 Å². The zero-order valence-electron chi connectivity index (χ0n) is 10.6. The lowest BCUT2D eigenvalue weighted by Gasteiger charge is -2.14. The third-order valence-electron chi connectivity index (χ3n) is 2.89. The van der Waals surface area contributed by atoms with Crippen LogP contribution in [0.15, 0.2) is 22.7 Å². The predicted octanol–water partition coefficient (Wildman–Crippen LogP) is 4.08. The molecule has 3 nitrogen and oxygen atoms in total. The number of hydrogen-bond donors (Lipinski definition) is 0. The van der Waals surface area contributed by atoms with Crippen LogP contribution >= 0.6 is 15.9 Å². The topological polar surface area (TPSA) is 34.9 Å². The van der Waals surface area contributed by atoms with Gasteiger partial charge in [-0.25, -0.2) is 4.68 Å². The number of aryl methyl sites for hydroxylation is 1. The molecule has 0 bridgehead atoms. The van der Waals surface area contributed by atoms with Crippen LogP contribution in [-0.4, -0.2) is 16.1 Å². The molecule has 0 N–H and O–H groups in total. The van der Waals surface area contributed by atoms with Gasteiger partial charge in [-0.05, 0) is 48.0 Å². The van der Waals surface area contributed by atoms with Gasteiger partial charge in [0.15, 0.2) is 0 Å². The maximum atomic E-state index is 13.1. The highest BCUT2D eigenvalue weighted by Gasteiger charge is 2.35. The van der Waals surface area contributed by atoms with E-state index in [1.807, 2.05) is 0 Å². The summed E-state index contributed by atoms with van der Waals surface area (Å²) in [6, 6.07) is 3.41. The zero-order chi connectivity index (χ0) is 15.1. The summed E-state index contributed by atoms with van der Waals surface area (Å²) in [5.41, 5.74) is 0.137. The van der Waals surface area contributed by atoms with Crippen LogP contribution in [0, 0.1) is 13.8 Å². The van der Waals surface area contributed by atoms with Crippen LogP contribution in [0.1, 0.15) is 27.3 Å². The first kappa shape index (κ1) is 14.8. The van der Waals surface area contributed by atoms with E-state index in [2.05, 4.69) is 21.0 Å². The summed E-state index contributed by atoms with van der Waals surface area (Å²) in [5, 5.41) is 4.09. The molecule has 0 aliphatic heterocycles. The van der Waals surface area contributed by atoms with Crippen molar-refractivity contribution in [1.82, 2.24) is 9.78 Å². The Morgan fingerprint density at radius 3 is 2.40 bits per heavy atom. The molecule has 0 aliphatic rings. The van der Waals surface area contributed by atoms with Gasteiger partial charge in [0, 0.05) is 5.56 Å². The van der Waals surface area contributed by atoms with Gasteiger partial charge in [0.25, 0.3) is 0 Å². The first-order valence-corrected chi connectivity index (χ1v) is 6.43. The number of carbonyl (C=O) groups is 1. The van der Waals surface area contributed by atoms with E-state index in [1.165, 1.54) is 16.8 Å². The lowest BCUT2D eigenvalue weighted by molar-refractivity contribution is -0.137. The molecule has 0 saturated carbocycles. The summed E-state index contributed by atoms with van der Waals surface area (Å²) in [6.07, 6.45) is -4.18. The second-order valence-corrected chi connectivity index (χ2v) is 5.08. The van der Waals surface area contributed by atoms with Crippen LogP contribution in [0.4, 0.5) is 13.2 Å². The van der Waals surface area contributed by atoms with Crippen LogP contribution in [-0.2, 0) is 6.18 Å². The lowest BCUT2D eigenvalue weighted by Crippen LogP contribution is -2.13. The van der Waals surface area contributed by atoms with Gasteiger partial charge in [0.05, 0.1) is 27.1 Å². The van der Waals surface area contributed by atoms with Crippen molar-refractivity contribution in [2.24, 2.45) is 0 Å². The highest BCUT2D eigenvalue weighted by Crippen LogP contribution is 2.35. The number of carbonyl (C=O) groups excluding carboxylic acids is 1. The Kier molecular flexibility index (Phi) is 3.73. The number of alkyl halides is 3. The maximum absolute atomic E-state index is 13.1. The fourth-order valence-electron chi connectivity index (χ4n) is 1.90. The summed E-state index contributed by atoms with van der Waals surface area (Å²) in [7, 11) is 0. The van der Waals surface area contributed by atoms with Gasteiger partial charge in [-0.3, -0.25) is 4.79 Å². The molecule has 0 aliphatic carbocycles. The molecule has 0 unspecified atom stereocenters. The van der Waals surface area contributed by atoms with Crippen molar-refractivity contribution in [2.75, 3.05) is 0 Å². The van der Waals surface area contributed by atoms with E-state index in [-0.39, 0.29) is 11.3 Å². The quantitative estimate of drug-likeness (QED) is 0.768. The molecular weight excluding hydrogens is 337 g/mol. The molecule has 0 atom stereocenters. The van der Waals surface area contributed by atoms with Crippen molar-refractivity contribution in [3.8, 4) is 5.69 Å². The molecule has 1 heterocycles. The van der Waals surface area contributed by atoms with Gasteiger partial charge in [0.2, 0.25) is 0 Å². The average Bonchev–Trinajstić information content (AvgIpc) is 2.65. The SMILES string of the molecule is Cc1nn(-c2ccc(C=O)cc2C(F)(F)F)c(C)c1Br. The molecule has 0 radical (unpaired) electrons. The fourth-order valence-corrected chi connectivity index (χ4v) is 2.14. The summed E-state index contributed by atoms with van der Waals surface area (Å²) < 4.78 is 41.2. The zero-order valence-corrected chi connectivity index (χ0v) is 12.2. The molecule has 2 rings (SSSR count). The van der Waals surface area contributed by atoms with Crippen LogP contribution in [0.5, 0.6) is 0 Å². The van der Waals surface area contributed by atoms with E-state index in [4.69, 9.17) is 0 Å². The number of halogens is 4.